The summed E-state index contributed by atoms with van der Waals surface area (Å²) >= 11 is 0. The van der Waals surface area contributed by atoms with E-state index in [9.17, 15) is 9.90 Å². The zero-order chi connectivity index (χ0) is 15.1. The summed E-state index contributed by atoms with van der Waals surface area (Å²) in [6.45, 7) is 5.89. The minimum absolute atomic E-state index is 0.138. The van der Waals surface area contributed by atoms with Gasteiger partial charge in [0.2, 0.25) is 0 Å². The van der Waals surface area contributed by atoms with Gasteiger partial charge in [-0.1, -0.05) is 6.58 Å². The van der Waals surface area contributed by atoms with Crippen LogP contribution in [0.1, 0.15) is 51.9 Å². The maximum absolute atomic E-state index is 11.7. The predicted molar refractivity (Wildman–Crippen MR) is 78.7 cm³/mol. The molecule has 118 valence electrons. The van der Waals surface area contributed by atoms with Gasteiger partial charge in [0.25, 0.3) is 0 Å². The largest absolute Gasteiger partial charge is 0.456 e. The van der Waals surface area contributed by atoms with Crippen LogP contribution in [0.2, 0.25) is 0 Å². The van der Waals surface area contributed by atoms with E-state index in [0.29, 0.717) is 24.9 Å². The Kier molecular flexibility index (Phi) is 3.87. The Balaban J connectivity index is 1.72. The molecule has 21 heavy (non-hydrogen) atoms. The average Bonchev–Trinajstić information content (AvgIpc) is 2.35. The summed E-state index contributed by atoms with van der Waals surface area (Å²) in [4.78, 5) is 11.7. The number of aliphatic hydroxyl groups excluding tert-OH is 1. The maximum Gasteiger partial charge on any atom is 0.330 e. The monoisotopic (exact) mass is 294 g/mol. The first kappa shape index (κ1) is 15.0. The minimum atomic E-state index is -0.333. The highest BCUT2D eigenvalue weighted by atomic mass is 16.6. The Bertz CT molecular complexity index is 415. The van der Waals surface area contributed by atoms with Gasteiger partial charge in [0.05, 0.1) is 11.7 Å². The van der Waals surface area contributed by atoms with E-state index in [1.165, 1.54) is 12.5 Å². The number of carbonyl (C=O) groups is 1. The SMILES string of the molecule is C=CC(=O)OC12CC3CC(CC(OCCC(C)O)(C3)C1)C2. The van der Waals surface area contributed by atoms with Crippen molar-refractivity contribution in [1.29, 1.82) is 0 Å². The van der Waals surface area contributed by atoms with Gasteiger partial charge in [-0.2, -0.15) is 0 Å². The van der Waals surface area contributed by atoms with Gasteiger partial charge >= 0.3 is 5.97 Å². The molecule has 3 atom stereocenters. The molecule has 1 N–H and O–H groups in total. The van der Waals surface area contributed by atoms with Crippen LogP contribution in [0.5, 0.6) is 0 Å². The van der Waals surface area contributed by atoms with E-state index in [1.807, 2.05) is 0 Å². The molecule has 0 radical (unpaired) electrons. The fraction of sp³-hybridized carbons (Fsp3) is 0.824. The Morgan fingerprint density at radius 3 is 2.52 bits per heavy atom. The second-order valence-electron chi connectivity index (χ2n) is 7.44. The number of esters is 1. The average molecular weight is 294 g/mol. The molecule has 0 heterocycles. The molecule has 4 bridgehead atoms. The van der Waals surface area contributed by atoms with Crippen molar-refractivity contribution in [2.45, 2.75) is 69.2 Å². The molecule has 4 fully saturated rings. The lowest BCUT2D eigenvalue weighted by atomic mass is 9.52. The topological polar surface area (TPSA) is 55.8 Å². The van der Waals surface area contributed by atoms with Crippen molar-refractivity contribution in [3.63, 3.8) is 0 Å². The summed E-state index contributed by atoms with van der Waals surface area (Å²) in [5.41, 5.74) is -0.472. The molecule has 0 aromatic carbocycles. The standard InChI is InChI=1S/C17H26O4/c1-3-15(19)21-17-9-13-6-14(10-17)8-16(7-13,11-17)20-5-4-12(2)18/h3,12-14,18H,1,4-11H2,2H3. The lowest BCUT2D eigenvalue weighted by Crippen LogP contribution is -2.61. The van der Waals surface area contributed by atoms with Gasteiger partial charge in [0.15, 0.2) is 0 Å². The van der Waals surface area contributed by atoms with Gasteiger partial charge in [-0.3, -0.25) is 0 Å². The second kappa shape index (κ2) is 5.40. The molecule has 4 nitrogen and oxygen atoms in total. The van der Waals surface area contributed by atoms with Crippen LogP contribution in [-0.4, -0.2) is 35.0 Å². The Morgan fingerprint density at radius 1 is 1.33 bits per heavy atom. The van der Waals surface area contributed by atoms with Gasteiger partial charge in [0.1, 0.15) is 5.60 Å². The van der Waals surface area contributed by atoms with Crippen molar-refractivity contribution in [2.24, 2.45) is 11.8 Å². The molecule has 0 spiro atoms. The number of carbonyl (C=O) groups excluding carboxylic acids is 1. The van der Waals surface area contributed by atoms with Gasteiger partial charge < -0.3 is 14.6 Å². The van der Waals surface area contributed by atoms with E-state index < -0.39 is 0 Å². The van der Waals surface area contributed by atoms with Crippen LogP contribution in [0.4, 0.5) is 0 Å². The smallest absolute Gasteiger partial charge is 0.330 e. The minimum Gasteiger partial charge on any atom is -0.456 e. The van der Waals surface area contributed by atoms with Crippen LogP contribution in [0.15, 0.2) is 12.7 Å². The van der Waals surface area contributed by atoms with E-state index in [-0.39, 0.29) is 23.3 Å². The molecule has 4 aliphatic carbocycles. The zero-order valence-corrected chi connectivity index (χ0v) is 12.8. The number of hydrogen-bond acceptors (Lipinski definition) is 4. The van der Waals surface area contributed by atoms with E-state index in [1.54, 1.807) is 6.92 Å². The van der Waals surface area contributed by atoms with E-state index >= 15 is 0 Å². The lowest BCUT2D eigenvalue weighted by Gasteiger charge is -2.60. The molecule has 4 rings (SSSR count). The first-order valence-electron chi connectivity index (χ1n) is 8.12. The molecule has 0 aromatic heterocycles. The van der Waals surface area contributed by atoms with Crippen molar-refractivity contribution >= 4 is 5.97 Å². The fourth-order valence-electron chi connectivity index (χ4n) is 5.09. The van der Waals surface area contributed by atoms with Crippen LogP contribution >= 0.6 is 0 Å². The van der Waals surface area contributed by atoms with Crippen molar-refractivity contribution in [2.75, 3.05) is 6.61 Å². The third-order valence-corrected chi connectivity index (χ3v) is 5.38. The van der Waals surface area contributed by atoms with Crippen molar-refractivity contribution < 1.29 is 19.4 Å². The predicted octanol–water partition coefficient (Wildman–Crippen LogP) is 2.59. The quantitative estimate of drug-likeness (QED) is 0.604. The second-order valence-corrected chi connectivity index (χ2v) is 7.44. The van der Waals surface area contributed by atoms with Crippen LogP contribution in [0.25, 0.3) is 0 Å². The van der Waals surface area contributed by atoms with E-state index in [2.05, 4.69) is 6.58 Å². The molecule has 4 aliphatic rings. The van der Waals surface area contributed by atoms with Gasteiger partial charge in [-0.15, -0.1) is 0 Å². The Morgan fingerprint density at radius 2 is 1.95 bits per heavy atom. The first-order chi connectivity index (χ1) is 9.94. The Hall–Kier alpha value is -0.870. The van der Waals surface area contributed by atoms with E-state index in [0.717, 1.165) is 32.1 Å². The highest BCUT2D eigenvalue weighted by Gasteiger charge is 2.60. The molecule has 3 unspecified atom stereocenters. The van der Waals surface area contributed by atoms with E-state index in [4.69, 9.17) is 9.47 Å². The molecular formula is C17H26O4. The summed E-state index contributed by atoms with van der Waals surface area (Å²) in [5.74, 6) is 0.905. The third kappa shape index (κ3) is 3.02. The zero-order valence-electron chi connectivity index (χ0n) is 12.8. The van der Waals surface area contributed by atoms with Crippen LogP contribution < -0.4 is 0 Å². The number of aliphatic hydroxyl groups is 1. The van der Waals surface area contributed by atoms with Crippen LogP contribution in [-0.2, 0) is 14.3 Å². The maximum atomic E-state index is 11.7. The molecule has 0 aromatic rings. The summed E-state index contributed by atoms with van der Waals surface area (Å²) in [6, 6.07) is 0. The van der Waals surface area contributed by atoms with Crippen molar-refractivity contribution in [1.82, 2.24) is 0 Å². The summed E-state index contributed by atoms with van der Waals surface area (Å²) in [6.07, 6.45) is 7.77. The van der Waals surface area contributed by atoms with Crippen molar-refractivity contribution in [3.8, 4) is 0 Å². The number of ether oxygens (including phenoxy) is 2. The number of hydrogen-bond donors (Lipinski definition) is 1. The lowest BCUT2D eigenvalue weighted by molar-refractivity contribution is -0.232. The van der Waals surface area contributed by atoms with Crippen molar-refractivity contribution in [3.05, 3.63) is 12.7 Å². The van der Waals surface area contributed by atoms with Crippen LogP contribution in [0.3, 0.4) is 0 Å². The number of rotatable bonds is 6. The third-order valence-electron chi connectivity index (χ3n) is 5.38. The summed E-state index contributed by atoms with van der Waals surface area (Å²) in [5, 5.41) is 9.41. The molecular weight excluding hydrogens is 268 g/mol. The Labute approximate surface area is 126 Å². The molecule has 0 saturated heterocycles. The highest BCUT2D eigenvalue weighted by molar-refractivity contribution is 5.81. The van der Waals surface area contributed by atoms with Gasteiger partial charge in [-0.25, -0.2) is 4.79 Å². The molecule has 4 heteroatoms. The molecule has 0 aliphatic heterocycles. The first-order valence-corrected chi connectivity index (χ1v) is 8.12. The fourth-order valence-corrected chi connectivity index (χ4v) is 5.09. The highest BCUT2D eigenvalue weighted by Crippen LogP contribution is 2.60. The summed E-state index contributed by atoms with van der Waals surface area (Å²) in [7, 11) is 0. The summed E-state index contributed by atoms with van der Waals surface area (Å²) < 4.78 is 12.0. The normalized spacial score (nSPS) is 41.8. The van der Waals surface area contributed by atoms with Crippen LogP contribution in [0, 0.1) is 11.8 Å². The molecule has 0 amide bonds. The molecule has 4 saturated carbocycles. The van der Waals surface area contributed by atoms with Gasteiger partial charge in [0, 0.05) is 19.1 Å². The van der Waals surface area contributed by atoms with Gasteiger partial charge in [-0.05, 0) is 57.3 Å².